The van der Waals surface area contributed by atoms with E-state index < -0.39 is 0 Å². The molecule has 18 heavy (non-hydrogen) atoms. The van der Waals surface area contributed by atoms with Crippen LogP contribution in [0.4, 0.5) is 5.69 Å². The summed E-state index contributed by atoms with van der Waals surface area (Å²) in [5, 5.41) is 0. The normalized spacial score (nSPS) is 24.1. The quantitative estimate of drug-likeness (QED) is 0.814. The lowest BCUT2D eigenvalue weighted by Crippen LogP contribution is -2.50. The fourth-order valence-corrected chi connectivity index (χ4v) is 3.16. The Labute approximate surface area is 109 Å². The Kier molecular flexibility index (Phi) is 3.41. The third-order valence-electron chi connectivity index (χ3n) is 4.08. The van der Waals surface area contributed by atoms with Gasteiger partial charge in [-0.3, -0.25) is 4.90 Å². The molecule has 98 valence electrons. The van der Waals surface area contributed by atoms with Gasteiger partial charge in [-0.15, -0.1) is 0 Å². The predicted molar refractivity (Wildman–Crippen MR) is 74.4 cm³/mol. The van der Waals surface area contributed by atoms with Gasteiger partial charge in [-0.05, 0) is 38.4 Å². The van der Waals surface area contributed by atoms with Gasteiger partial charge in [0.15, 0.2) is 0 Å². The fourth-order valence-electron chi connectivity index (χ4n) is 3.16. The maximum Gasteiger partial charge on any atom is 0.121 e. The van der Waals surface area contributed by atoms with E-state index in [1.165, 1.54) is 38.2 Å². The molecule has 0 spiro atoms. The first-order valence-corrected chi connectivity index (χ1v) is 7.08. The van der Waals surface area contributed by atoms with E-state index in [2.05, 4.69) is 28.0 Å². The number of fused-ring (bicyclic) bond motifs is 1. The first-order chi connectivity index (χ1) is 8.86. The van der Waals surface area contributed by atoms with Gasteiger partial charge in [-0.25, -0.2) is 0 Å². The van der Waals surface area contributed by atoms with Crippen molar-refractivity contribution in [2.24, 2.45) is 0 Å². The maximum atomic E-state index is 5.59. The highest BCUT2D eigenvalue weighted by Crippen LogP contribution is 2.27. The molecular weight excluding hydrogens is 224 g/mol. The van der Waals surface area contributed by atoms with E-state index in [4.69, 9.17) is 4.74 Å². The van der Waals surface area contributed by atoms with Crippen molar-refractivity contribution >= 4 is 5.69 Å². The number of nitrogens with zero attached hydrogens (tertiary/aromatic N) is 2. The number of anilines is 1. The highest BCUT2D eigenvalue weighted by molar-refractivity contribution is 5.51. The zero-order valence-corrected chi connectivity index (χ0v) is 11.1. The smallest absolute Gasteiger partial charge is 0.121 e. The number of hydrogen-bond acceptors (Lipinski definition) is 3. The van der Waals surface area contributed by atoms with Crippen LogP contribution in [0, 0.1) is 0 Å². The van der Waals surface area contributed by atoms with Gasteiger partial charge in [0.2, 0.25) is 0 Å². The SMILES string of the molecule is CCOc1cccc(N2CCN3CCCC3C2)c1. The van der Waals surface area contributed by atoms with Crippen molar-refractivity contribution in [2.75, 3.05) is 37.7 Å². The summed E-state index contributed by atoms with van der Waals surface area (Å²) in [7, 11) is 0. The molecule has 1 unspecified atom stereocenters. The minimum atomic E-state index is 0.736. The van der Waals surface area contributed by atoms with E-state index in [0.29, 0.717) is 0 Å². The number of hydrogen-bond donors (Lipinski definition) is 0. The Morgan fingerprint density at radius 3 is 3.11 bits per heavy atom. The molecule has 0 aromatic heterocycles. The largest absolute Gasteiger partial charge is 0.494 e. The molecule has 3 rings (SSSR count). The van der Waals surface area contributed by atoms with Crippen molar-refractivity contribution in [3.63, 3.8) is 0 Å². The van der Waals surface area contributed by atoms with Crippen LogP contribution in [0.3, 0.4) is 0 Å². The van der Waals surface area contributed by atoms with Crippen LogP contribution in [0.2, 0.25) is 0 Å². The maximum absolute atomic E-state index is 5.59. The Morgan fingerprint density at radius 2 is 2.22 bits per heavy atom. The minimum absolute atomic E-state index is 0.736. The Hall–Kier alpha value is -1.22. The molecule has 3 nitrogen and oxygen atoms in total. The molecule has 0 amide bonds. The van der Waals surface area contributed by atoms with E-state index in [0.717, 1.165) is 24.9 Å². The van der Waals surface area contributed by atoms with Crippen LogP contribution >= 0.6 is 0 Å². The first kappa shape index (κ1) is 11.8. The summed E-state index contributed by atoms with van der Waals surface area (Å²) >= 11 is 0. The molecule has 0 radical (unpaired) electrons. The van der Waals surface area contributed by atoms with Gasteiger partial charge in [0, 0.05) is 37.4 Å². The molecule has 0 saturated carbocycles. The third-order valence-corrected chi connectivity index (χ3v) is 4.08. The lowest BCUT2D eigenvalue weighted by atomic mass is 10.1. The minimum Gasteiger partial charge on any atom is -0.494 e. The highest BCUT2D eigenvalue weighted by Gasteiger charge is 2.30. The van der Waals surface area contributed by atoms with Crippen molar-refractivity contribution < 1.29 is 4.74 Å². The van der Waals surface area contributed by atoms with Crippen LogP contribution in [0.25, 0.3) is 0 Å². The lowest BCUT2D eigenvalue weighted by molar-refractivity contribution is 0.231. The van der Waals surface area contributed by atoms with Crippen LogP contribution in [0.1, 0.15) is 19.8 Å². The topological polar surface area (TPSA) is 15.7 Å². The predicted octanol–water partition coefficient (Wildman–Crippen LogP) is 2.37. The third kappa shape index (κ3) is 2.32. The van der Waals surface area contributed by atoms with Crippen molar-refractivity contribution in [3.8, 4) is 5.75 Å². The molecule has 1 aromatic carbocycles. The lowest BCUT2D eigenvalue weighted by Gasteiger charge is -2.38. The van der Waals surface area contributed by atoms with Crippen LogP contribution in [-0.2, 0) is 0 Å². The average molecular weight is 246 g/mol. The van der Waals surface area contributed by atoms with E-state index in [9.17, 15) is 0 Å². The molecule has 2 fully saturated rings. The second-order valence-corrected chi connectivity index (χ2v) is 5.21. The molecule has 0 N–H and O–H groups in total. The van der Waals surface area contributed by atoms with Crippen molar-refractivity contribution in [1.29, 1.82) is 0 Å². The molecule has 3 heteroatoms. The molecule has 1 atom stereocenters. The summed E-state index contributed by atoms with van der Waals surface area (Å²) in [4.78, 5) is 5.15. The monoisotopic (exact) mass is 246 g/mol. The number of rotatable bonds is 3. The average Bonchev–Trinajstić information content (AvgIpc) is 2.86. The Balaban J connectivity index is 1.72. The Morgan fingerprint density at radius 1 is 1.28 bits per heavy atom. The number of benzene rings is 1. The van der Waals surface area contributed by atoms with Crippen LogP contribution in [-0.4, -0.2) is 43.7 Å². The molecule has 2 aliphatic rings. The van der Waals surface area contributed by atoms with Gasteiger partial charge in [-0.2, -0.15) is 0 Å². The summed E-state index contributed by atoms with van der Waals surface area (Å²) in [6.45, 7) is 7.60. The fraction of sp³-hybridized carbons (Fsp3) is 0.600. The van der Waals surface area contributed by atoms with Gasteiger partial charge in [0.1, 0.15) is 5.75 Å². The van der Waals surface area contributed by atoms with E-state index in [1.54, 1.807) is 0 Å². The summed E-state index contributed by atoms with van der Waals surface area (Å²) in [6.07, 6.45) is 2.74. The zero-order valence-electron chi connectivity index (χ0n) is 11.1. The summed E-state index contributed by atoms with van der Waals surface area (Å²) < 4.78 is 5.59. The standard InChI is InChI=1S/C15H22N2O/c1-2-18-15-7-3-5-13(11-15)17-10-9-16-8-4-6-14(16)12-17/h3,5,7,11,14H,2,4,6,8-10,12H2,1H3. The van der Waals surface area contributed by atoms with Gasteiger partial charge < -0.3 is 9.64 Å². The summed E-state index contributed by atoms with van der Waals surface area (Å²) in [6, 6.07) is 9.29. The highest BCUT2D eigenvalue weighted by atomic mass is 16.5. The second-order valence-electron chi connectivity index (χ2n) is 5.21. The van der Waals surface area contributed by atoms with E-state index in [-0.39, 0.29) is 0 Å². The van der Waals surface area contributed by atoms with Crippen molar-refractivity contribution in [1.82, 2.24) is 4.90 Å². The van der Waals surface area contributed by atoms with E-state index in [1.807, 2.05) is 13.0 Å². The van der Waals surface area contributed by atoms with Crippen LogP contribution < -0.4 is 9.64 Å². The van der Waals surface area contributed by atoms with Crippen LogP contribution in [0.15, 0.2) is 24.3 Å². The number of piperazine rings is 1. The summed E-state index contributed by atoms with van der Waals surface area (Å²) in [5.74, 6) is 0.990. The van der Waals surface area contributed by atoms with Crippen molar-refractivity contribution in [3.05, 3.63) is 24.3 Å². The molecule has 0 bridgehead atoms. The molecule has 2 saturated heterocycles. The second kappa shape index (κ2) is 5.19. The van der Waals surface area contributed by atoms with Crippen molar-refractivity contribution in [2.45, 2.75) is 25.8 Å². The zero-order chi connectivity index (χ0) is 12.4. The Bertz CT molecular complexity index is 407. The molecule has 2 aliphatic heterocycles. The summed E-state index contributed by atoms with van der Waals surface area (Å²) in [5.41, 5.74) is 1.31. The van der Waals surface area contributed by atoms with Gasteiger partial charge in [0.25, 0.3) is 0 Å². The molecule has 1 aromatic rings. The molecular formula is C15H22N2O. The van der Waals surface area contributed by atoms with Crippen LogP contribution in [0.5, 0.6) is 5.75 Å². The molecule has 0 aliphatic carbocycles. The first-order valence-electron chi connectivity index (χ1n) is 7.08. The van der Waals surface area contributed by atoms with Gasteiger partial charge >= 0.3 is 0 Å². The molecule has 2 heterocycles. The van der Waals surface area contributed by atoms with E-state index >= 15 is 0 Å². The van der Waals surface area contributed by atoms with Gasteiger partial charge in [0.05, 0.1) is 6.61 Å². The number of ether oxygens (including phenoxy) is 1. The van der Waals surface area contributed by atoms with Gasteiger partial charge in [-0.1, -0.05) is 6.07 Å².